The van der Waals surface area contributed by atoms with Gasteiger partial charge in [0.05, 0.1) is 19.8 Å². The Hall–Kier alpha value is -1.75. The van der Waals surface area contributed by atoms with Gasteiger partial charge in [0.2, 0.25) is 0 Å². The van der Waals surface area contributed by atoms with E-state index in [2.05, 4.69) is 12.2 Å². The predicted octanol–water partition coefficient (Wildman–Crippen LogP) is 2.02. The van der Waals surface area contributed by atoms with Crippen LogP contribution in [0.1, 0.15) is 18.9 Å². The molecule has 1 saturated heterocycles. The fourth-order valence-corrected chi connectivity index (χ4v) is 2.28. The summed E-state index contributed by atoms with van der Waals surface area (Å²) in [6.07, 6.45) is 1.08. The van der Waals surface area contributed by atoms with E-state index in [1.165, 1.54) is 0 Å². The van der Waals surface area contributed by atoms with Crippen LogP contribution in [-0.2, 0) is 11.3 Å². The molecule has 110 valence electrons. The van der Waals surface area contributed by atoms with Crippen LogP contribution in [0.4, 0.5) is 4.79 Å². The molecule has 0 saturated carbocycles. The van der Waals surface area contributed by atoms with Crippen LogP contribution in [0.5, 0.6) is 5.75 Å². The Bertz CT molecular complexity index is 450. The number of amides is 2. The Balaban J connectivity index is 1.88. The Morgan fingerprint density at radius 3 is 3.05 bits per heavy atom. The molecule has 5 heteroatoms. The summed E-state index contributed by atoms with van der Waals surface area (Å²) in [5.74, 6) is 0.793. The summed E-state index contributed by atoms with van der Waals surface area (Å²) in [7, 11) is 1.63. The Labute approximate surface area is 119 Å². The van der Waals surface area contributed by atoms with E-state index in [1.54, 1.807) is 7.11 Å². The lowest BCUT2D eigenvalue weighted by molar-refractivity contribution is -0.0154. The van der Waals surface area contributed by atoms with Gasteiger partial charge in [0.1, 0.15) is 5.75 Å². The summed E-state index contributed by atoms with van der Waals surface area (Å²) >= 11 is 0. The van der Waals surface area contributed by atoms with Crippen molar-refractivity contribution in [2.75, 3.05) is 26.8 Å². The minimum atomic E-state index is -0.0438. The second-order valence-corrected chi connectivity index (χ2v) is 4.82. The fraction of sp³-hybridized carbons (Fsp3) is 0.533. The number of ether oxygens (including phenoxy) is 2. The molecule has 1 atom stereocenters. The van der Waals surface area contributed by atoms with Gasteiger partial charge in [0.15, 0.2) is 0 Å². The minimum Gasteiger partial charge on any atom is -0.496 e. The van der Waals surface area contributed by atoms with Crippen LogP contribution in [-0.4, -0.2) is 43.8 Å². The molecule has 1 aromatic rings. The van der Waals surface area contributed by atoms with Crippen molar-refractivity contribution in [3.8, 4) is 5.75 Å². The van der Waals surface area contributed by atoms with E-state index in [9.17, 15) is 4.79 Å². The molecule has 2 rings (SSSR count). The first kappa shape index (κ1) is 14.7. The fourth-order valence-electron chi connectivity index (χ4n) is 2.28. The van der Waals surface area contributed by atoms with E-state index >= 15 is 0 Å². The molecule has 2 amide bonds. The van der Waals surface area contributed by atoms with E-state index < -0.39 is 0 Å². The number of nitrogens with zero attached hydrogens (tertiary/aromatic N) is 1. The van der Waals surface area contributed by atoms with Crippen LogP contribution in [0.3, 0.4) is 0 Å². The predicted molar refractivity (Wildman–Crippen MR) is 76.8 cm³/mol. The average Bonchev–Trinajstić information content (AvgIpc) is 2.52. The number of nitrogens with one attached hydrogen (secondary N) is 1. The van der Waals surface area contributed by atoms with Crippen molar-refractivity contribution in [3.63, 3.8) is 0 Å². The third kappa shape index (κ3) is 3.63. The molecule has 0 radical (unpaired) electrons. The summed E-state index contributed by atoms with van der Waals surface area (Å²) in [5.41, 5.74) is 0.976. The van der Waals surface area contributed by atoms with Crippen LogP contribution in [0.2, 0.25) is 0 Å². The van der Waals surface area contributed by atoms with Gasteiger partial charge in [-0.2, -0.15) is 0 Å². The van der Waals surface area contributed by atoms with Crippen molar-refractivity contribution in [1.29, 1.82) is 0 Å². The van der Waals surface area contributed by atoms with Crippen molar-refractivity contribution < 1.29 is 14.3 Å². The molecule has 1 aliphatic rings. The molecule has 0 bridgehead atoms. The normalized spacial score (nSPS) is 18.7. The quantitative estimate of drug-likeness (QED) is 0.916. The number of hydrogen-bond donors (Lipinski definition) is 1. The standard InChI is InChI=1S/C15H22N2O3/c1-3-13-11-17(8-9-20-13)15(18)16-10-12-6-4-5-7-14(12)19-2/h4-7,13H,3,8-11H2,1-2H3,(H,16,18)/t13-/m0/s1. The first-order chi connectivity index (χ1) is 9.74. The van der Waals surface area contributed by atoms with Crippen LogP contribution < -0.4 is 10.1 Å². The van der Waals surface area contributed by atoms with Gasteiger partial charge in [-0.15, -0.1) is 0 Å². The molecule has 0 aromatic heterocycles. The van der Waals surface area contributed by atoms with Crippen molar-refractivity contribution in [2.24, 2.45) is 0 Å². The van der Waals surface area contributed by atoms with Gasteiger partial charge in [0.25, 0.3) is 0 Å². The average molecular weight is 278 g/mol. The summed E-state index contributed by atoms with van der Waals surface area (Å²) in [6.45, 7) is 4.46. The maximum atomic E-state index is 12.2. The largest absolute Gasteiger partial charge is 0.496 e. The number of morpholine rings is 1. The molecular weight excluding hydrogens is 256 g/mol. The molecule has 1 fully saturated rings. The number of urea groups is 1. The minimum absolute atomic E-state index is 0.0438. The number of carbonyl (C=O) groups is 1. The molecule has 0 unspecified atom stereocenters. The van der Waals surface area contributed by atoms with Crippen LogP contribution in [0.25, 0.3) is 0 Å². The van der Waals surface area contributed by atoms with Gasteiger partial charge >= 0.3 is 6.03 Å². The van der Waals surface area contributed by atoms with Gasteiger partial charge in [-0.05, 0) is 12.5 Å². The molecule has 1 N–H and O–H groups in total. The maximum Gasteiger partial charge on any atom is 0.317 e. The van der Waals surface area contributed by atoms with Gasteiger partial charge < -0.3 is 19.7 Å². The van der Waals surface area contributed by atoms with E-state index in [4.69, 9.17) is 9.47 Å². The molecular formula is C15H22N2O3. The van der Waals surface area contributed by atoms with Crippen molar-refractivity contribution in [2.45, 2.75) is 26.0 Å². The number of benzene rings is 1. The molecule has 0 aliphatic carbocycles. The highest BCUT2D eigenvalue weighted by molar-refractivity contribution is 5.74. The Morgan fingerprint density at radius 2 is 2.30 bits per heavy atom. The molecule has 1 heterocycles. The first-order valence-corrected chi connectivity index (χ1v) is 7.00. The zero-order valence-corrected chi connectivity index (χ0v) is 12.1. The molecule has 0 spiro atoms. The second-order valence-electron chi connectivity index (χ2n) is 4.82. The highest BCUT2D eigenvalue weighted by Gasteiger charge is 2.22. The van der Waals surface area contributed by atoms with Gasteiger partial charge in [-0.3, -0.25) is 0 Å². The number of methoxy groups -OCH3 is 1. The number of rotatable bonds is 4. The number of para-hydroxylation sites is 1. The molecule has 1 aliphatic heterocycles. The summed E-state index contributed by atoms with van der Waals surface area (Å²) in [6, 6.07) is 7.65. The number of carbonyl (C=O) groups excluding carboxylic acids is 1. The SMILES string of the molecule is CC[C@H]1CN(C(=O)NCc2ccccc2OC)CCO1. The van der Waals surface area contributed by atoms with Crippen molar-refractivity contribution in [1.82, 2.24) is 10.2 Å². The third-order valence-corrected chi connectivity index (χ3v) is 3.50. The monoisotopic (exact) mass is 278 g/mol. The second kappa shape index (κ2) is 7.14. The highest BCUT2D eigenvalue weighted by atomic mass is 16.5. The topological polar surface area (TPSA) is 50.8 Å². The zero-order chi connectivity index (χ0) is 14.4. The first-order valence-electron chi connectivity index (χ1n) is 7.00. The van der Waals surface area contributed by atoms with Gasteiger partial charge in [-0.1, -0.05) is 25.1 Å². The van der Waals surface area contributed by atoms with Gasteiger partial charge in [-0.25, -0.2) is 4.79 Å². The zero-order valence-electron chi connectivity index (χ0n) is 12.1. The van der Waals surface area contributed by atoms with E-state index in [-0.39, 0.29) is 12.1 Å². The third-order valence-electron chi connectivity index (χ3n) is 3.50. The van der Waals surface area contributed by atoms with E-state index in [0.717, 1.165) is 17.7 Å². The lowest BCUT2D eigenvalue weighted by Gasteiger charge is -2.32. The molecule has 1 aromatic carbocycles. The van der Waals surface area contributed by atoms with Crippen molar-refractivity contribution in [3.05, 3.63) is 29.8 Å². The Morgan fingerprint density at radius 1 is 1.50 bits per heavy atom. The van der Waals surface area contributed by atoms with Crippen LogP contribution in [0, 0.1) is 0 Å². The van der Waals surface area contributed by atoms with Crippen LogP contribution in [0.15, 0.2) is 24.3 Å². The Kier molecular flexibility index (Phi) is 5.24. The maximum absolute atomic E-state index is 12.2. The molecule has 20 heavy (non-hydrogen) atoms. The lowest BCUT2D eigenvalue weighted by Crippen LogP contribution is -2.49. The summed E-state index contributed by atoms with van der Waals surface area (Å²) < 4.78 is 10.8. The van der Waals surface area contributed by atoms with Crippen molar-refractivity contribution >= 4 is 6.03 Å². The van der Waals surface area contributed by atoms with E-state index in [0.29, 0.717) is 26.2 Å². The van der Waals surface area contributed by atoms with E-state index in [1.807, 2.05) is 29.2 Å². The smallest absolute Gasteiger partial charge is 0.317 e. The summed E-state index contributed by atoms with van der Waals surface area (Å²) in [5, 5.41) is 2.94. The van der Waals surface area contributed by atoms with Gasteiger partial charge in [0, 0.05) is 25.2 Å². The van der Waals surface area contributed by atoms with Crippen LogP contribution >= 0.6 is 0 Å². The lowest BCUT2D eigenvalue weighted by atomic mass is 10.2. The highest BCUT2D eigenvalue weighted by Crippen LogP contribution is 2.17. The number of hydrogen-bond acceptors (Lipinski definition) is 3. The summed E-state index contributed by atoms with van der Waals surface area (Å²) in [4.78, 5) is 14.0. The molecule has 5 nitrogen and oxygen atoms in total.